The molecule has 1 aliphatic heterocycles. The molecule has 0 bridgehead atoms. The van der Waals surface area contributed by atoms with Gasteiger partial charge in [-0.25, -0.2) is 4.99 Å². The number of nitrogens with zero attached hydrogens (tertiary/aromatic N) is 4. The highest BCUT2D eigenvalue weighted by Gasteiger charge is 2.32. The first-order valence-electron chi connectivity index (χ1n) is 10.5. The van der Waals surface area contributed by atoms with Crippen LogP contribution in [0, 0.1) is 0 Å². The summed E-state index contributed by atoms with van der Waals surface area (Å²) in [5, 5.41) is 7.68. The van der Waals surface area contributed by atoms with Crippen molar-refractivity contribution in [3.8, 4) is 0 Å². The molecule has 4 aromatic rings. The summed E-state index contributed by atoms with van der Waals surface area (Å²) < 4.78 is 3.78. The summed E-state index contributed by atoms with van der Waals surface area (Å²) in [5.74, 6) is -0.311. The van der Waals surface area contributed by atoms with Crippen LogP contribution in [0.25, 0.3) is 6.08 Å². The van der Waals surface area contributed by atoms with E-state index in [1.54, 1.807) is 40.6 Å². The molecule has 0 radical (unpaired) electrons. The molecule has 3 heterocycles. The van der Waals surface area contributed by atoms with Gasteiger partial charge in [-0.3, -0.25) is 18.8 Å². The van der Waals surface area contributed by atoms with E-state index in [2.05, 4.69) is 15.4 Å². The number of halogens is 1. The number of nitrogens with one attached hydrogen (secondary N) is 1. The minimum absolute atomic E-state index is 0.218. The van der Waals surface area contributed by atoms with Crippen molar-refractivity contribution in [3.05, 3.63) is 114 Å². The van der Waals surface area contributed by atoms with E-state index in [-0.39, 0.29) is 11.5 Å². The average Bonchev–Trinajstić information content (AvgIpc) is 3.36. The van der Waals surface area contributed by atoms with E-state index in [0.717, 1.165) is 11.1 Å². The lowest BCUT2D eigenvalue weighted by Gasteiger charge is -2.25. The van der Waals surface area contributed by atoms with Gasteiger partial charge < -0.3 is 5.32 Å². The molecule has 2 aromatic heterocycles. The molecule has 0 aliphatic carbocycles. The zero-order chi connectivity index (χ0) is 23.8. The topological polar surface area (TPSA) is 81.3 Å². The maximum absolute atomic E-state index is 13.6. The third-order valence-electron chi connectivity index (χ3n) is 5.51. The van der Waals surface area contributed by atoms with E-state index in [9.17, 15) is 9.59 Å². The summed E-state index contributed by atoms with van der Waals surface area (Å²) in [7, 11) is 1.82. The Morgan fingerprint density at radius 1 is 1.15 bits per heavy atom. The fraction of sp³-hybridized carbons (Fsp3) is 0.120. The number of aromatic nitrogens is 3. The van der Waals surface area contributed by atoms with Crippen LogP contribution in [0.1, 0.15) is 24.1 Å². The summed E-state index contributed by atoms with van der Waals surface area (Å²) in [6, 6.07) is 15.7. The van der Waals surface area contributed by atoms with Crippen LogP contribution >= 0.6 is 22.9 Å². The lowest BCUT2D eigenvalue weighted by molar-refractivity contribution is -0.113. The number of allylic oxidation sites excluding steroid dienone is 1. The van der Waals surface area contributed by atoms with Crippen molar-refractivity contribution >= 4 is 40.6 Å². The van der Waals surface area contributed by atoms with Crippen LogP contribution < -0.4 is 20.2 Å². The molecule has 2 aromatic carbocycles. The lowest BCUT2D eigenvalue weighted by Crippen LogP contribution is -2.40. The Bertz CT molecular complexity index is 1600. The van der Waals surface area contributed by atoms with Gasteiger partial charge in [-0.15, -0.1) is 0 Å². The number of carbonyl (C=O) groups is 1. The Labute approximate surface area is 204 Å². The zero-order valence-corrected chi connectivity index (χ0v) is 20.0. The highest BCUT2D eigenvalue weighted by atomic mass is 35.5. The highest BCUT2D eigenvalue weighted by molar-refractivity contribution is 7.07. The van der Waals surface area contributed by atoms with Crippen molar-refractivity contribution in [2.75, 3.05) is 5.32 Å². The van der Waals surface area contributed by atoms with Gasteiger partial charge >= 0.3 is 0 Å². The number of aryl methyl sites for hydroxylation is 1. The van der Waals surface area contributed by atoms with Crippen LogP contribution in [0.15, 0.2) is 88.0 Å². The highest BCUT2D eigenvalue weighted by Crippen LogP contribution is 2.31. The molecule has 1 aliphatic rings. The van der Waals surface area contributed by atoms with E-state index < -0.39 is 6.04 Å². The molecule has 1 atom stereocenters. The Balaban J connectivity index is 1.68. The summed E-state index contributed by atoms with van der Waals surface area (Å²) in [6.45, 7) is 1.79. The molecule has 0 spiro atoms. The zero-order valence-electron chi connectivity index (χ0n) is 18.4. The fourth-order valence-electron chi connectivity index (χ4n) is 3.96. The minimum Gasteiger partial charge on any atom is -0.322 e. The Morgan fingerprint density at radius 3 is 2.56 bits per heavy atom. The molecule has 0 saturated heterocycles. The molecule has 1 amide bonds. The minimum atomic E-state index is -0.645. The second kappa shape index (κ2) is 8.89. The third kappa shape index (κ3) is 4.13. The van der Waals surface area contributed by atoms with E-state index in [1.165, 1.54) is 11.3 Å². The van der Waals surface area contributed by atoms with Crippen LogP contribution in [0.5, 0.6) is 0 Å². The van der Waals surface area contributed by atoms with E-state index >= 15 is 0 Å². The van der Waals surface area contributed by atoms with Crippen LogP contribution in [0.4, 0.5) is 5.69 Å². The van der Waals surface area contributed by atoms with E-state index in [1.807, 2.05) is 55.7 Å². The van der Waals surface area contributed by atoms with Crippen molar-refractivity contribution in [2.24, 2.45) is 12.0 Å². The normalized spacial score (nSPS) is 15.7. The van der Waals surface area contributed by atoms with Gasteiger partial charge in [0.2, 0.25) is 0 Å². The first kappa shape index (κ1) is 22.1. The molecular weight excluding hydrogens is 470 g/mol. The molecule has 7 nitrogen and oxygen atoms in total. The molecule has 1 unspecified atom stereocenters. The van der Waals surface area contributed by atoms with Gasteiger partial charge in [0, 0.05) is 29.5 Å². The Hall–Kier alpha value is -3.75. The molecule has 170 valence electrons. The predicted octanol–water partition coefficient (Wildman–Crippen LogP) is 3.26. The van der Waals surface area contributed by atoms with Gasteiger partial charge in [0.1, 0.15) is 0 Å². The maximum Gasteiger partial charge on any atom is 0.271 e. The SMILES string of the molecule is CC1=C(C(=O)Nc2ccccc2)C(c2ccc(Cl)cc2)n2c(s/c(=C/c3cnn(C)c3)c2=O)=N1. The number of amides is 1. The number of anilines is 1. The van der Waals surface area contributed by atoms with Crippen molar-refractivity contribution in [1.82, 2.24) is 14.3 Å². The second-order valence-corrected chi connectivity index (χ2v) is 9.35. The quantitative estimate of drug-likeness (QED) is 0.477. The number of benzene rings is 2. The summed E-state index contributed by atoms with van der Waals surface area (Å²) in [4.78, 5) is 32.2. The number of hydrogen-bond donors (Lipinski definition) is 1. The lowest BCUT2D eigenvalue weighted by atomic mass is 9.95. The number of fused-ring (bicyclic) bond motifs is 1. The molecule has 34 heavy (non-hydrogen) atoms. The molecule has 0 saturated carbocycles. The Morgan fingerprint density at radius 2 is 1.88 bits per heavy atom. The standard InChI is InChI=1S/C25H20ClN5O2S/c1-15-21(23(32)29-19-6-4-3-5-7-19)22(17-8-10-18(26)11-9-17)31-24(33)20(34-25(31)28-15)12-16-13-27-30(2)14-16/h3-14,22H,1-2H3,(H,29,32)/b20-12+. The molecule has 1 N–H and O–H groups in total. The average molecular weight is 490 g/mol. The van der Waals surface area contributed by atoms with Gasteiger partial charge in [0.15, 0.2) is 4.80 Å². The maximum atomic E-state index is 13.6. The first-order chi connectivity index (χ1) is 16.4. The predicted molar refractivity (Wildman–Crippen MR) is 133 cm³/mol. The number of carbonyl (C=O) groups excluding carboxylic acids is 1. The number of thiazole rings is 1. The molecule has 5 rings (SSSR count). The van der Waals surface area contributed by atoms with Crippen molar-refractivity contribution in [2.45, 2.75) is 13.0 Å². The monoisotopic (exact) mass is 489 g/mol. The number of rotatable bonds is 4. The van der Waals surface area contributed by atoms with Crippen molar-refractivity contribution in [1.29, 1.82) is 0 Å². The molecule has 0 fully saturated rings. The van der Waals surface area contributed by atoms with E-state index in [4.69, 9.17) is 11.6 Å². The van der Waals surface area contributed by atoms with Crippen molar-refractivity contribution < 1.29 is 4.79 Å². The van der Waals surface area contributed by atoms with Crippen LogP contribution in [0.3, 0.4) is 0 Å². The summed E-state index contributed by atoms with van der Waals surface area (Å²) in [5.41, 5.74) is 3.00. The van der Waals surface area contributed by atoms with Gasteiger partial charge in [0.25, 0.3) is 11.5 Å². The number of para-hydroxylation sites is 1. The van der Waals surface area contributed by atoms with E-state index in [0.29, 0.717) is 31.3 Å². The summed E-state index contributed by atoms with van der Waals surface area (Å²) in [6.07, 6.45) is 5.32. The van der Waals surface area contributed by atoms with Gasteiger partial charge in [-0.2, -0.15) is 5.10 Å². The molecular formula is C25H20ClN5O2S. The summed E-state index contributed by atoms with van der Waals surface area (Å²) >= 11 is 7.41. The number of hydrogen-bond acceptors (Lipinski definition) is 5. The first-order valence-corrected chi connectivity index (χ1v) is 11.7. The van der Waals surface area contributed by atoms with Crippen molar-refractivity contribution in [3.63, 3.8) is 0 Å². The van der Waals surface area contributed by atoms with Gasteiger partial charge in [-0.05, 0) is 42.8 Å². The Kier molecular flexibility index (Phi) is 5.77. The van der Waals surface area contributed by atoms with Gasteiger partial charge in [0.05, 0.1) is 28.0 Å². The second-order valence-electron chi connectivity index (χ2n) is 7.90. The molecule has 9 heteroatoms. The van der Waals surface area contributed by atoms with Crippen LogP contribution in [0.2, 0.25) is 5.02 Å². The largest absolute Gasteiger partial charge is 0.322 e. The van der Waals surface area contributed by atoms with Crippen LogP contribution in [-0.4, -0.2) is 20.3 Å². The van der Waals surface area contributed by atoms with Gasteiger partial charge in [-0.1, -0.05) is 53.3 Å². The van der Waals surface area contributed by atoms with Crippen LogP contribution in [-0.2, 0) is 11.8 Å². The third-order valence-corrected chi connectivity index (χ3v) is 6.74. The fourth-order valence-corrected chi connectivity index (χ4v) is 5.13. The smallest absolute Gasteiger partial charge is 0.271 e.